The first-order valence-corrected chi connectivity index (χ1v) is 9.71. The van der Waals surface area contributed by atoms with Gasteiger partial charge in [-0.3, -0.25) is 4.79 Å². The quantitative estimate of drug-likeness (QED) is 0.468. The monoisotopic (exact) mass is 394 g/mol. The van der Waals surface area contributed by atoms with Gasteiger partial charge in [0.05, 0.1) is 5.39 Å². The van der Waals surface area contributed by atoms with E-state index in [4.69, 9.17) is 9.47 Å². The lowest BCUT2D eigenvalue weighted by molar-refractivity contribution is 0.0443. The average molecular weight is 394 g/mol. The molecule has 0 spiro atoms. The molecule has 0 N–H and O–H groups in total. The zero-order chi connectivity index (χ0) is 21.0. The fourth-order valence-electron chi connectivity index (χ4n) is 3.01. The topological polar surface area (TPSA) is 70.4 Å². The van der Waals surface area contributed by atoms with Crippen LogP contribution in [-0.2, 0) is 16.7 Å². The van der Waals surface area contributed by atoms with Crippen molar-refractivity contribution >= 4 is 16.7 Å². The maximum absolute atomic E-state index is 12.5. The van der Waals surface area contributed by atoms with Crippen LogP contribution < -0.4 is 10.3 Å². The lowest BCUT2D eigenvalue weighted by Crippen LogP contribution is -2.26. The first-order valence-electron chi connectivity index (χ1n) is 9.71. The molecule has 6 heteroatoms. The number of fused-ring (bicyclic) bond motifs is 1. The minimum atomic E-state index is -0.574. The summed E-state index contributed by atoms with van der Waals surface area (Å²) in [7, 11) is 0. The minimum absolute atomic E-state index is 0.0822. The van der Waals surface area contributed by atoms with E-state index in [1.165, 1.54) is 10.2 Å². The molecule has 3 aromatic rings. The van der Waals surface area contributed by atoms with Crippen LogP contribution in [0.2, 0.25) is 0 Å². The van der Waals surface area contributed by atoms with Crippen molar-refractivity contribution in [2.45, 2.75) is 39.7 Å². The largest absolute Gasteiger partial charge is 0.490 e. The van der Waals surface area contributed by atoms with Crippen LogP contribution >= 0.6 is 0 Å². The second-order valence-corrected chi connectivity index (χ2v) is 7.77. The highest BCUT2D eigenvalue weighted by molar-refractivity contribution is 6.02. The number of aryl methyl sites for hydroxylation is 1. The molecule has 0 radical (unpaired) electrons. The number of hydrogen-bond acceptors (Lipinski definition) is 5. The SMILES string of the molecule is CCn1nc(C(=O)OCCOc2ccc(C(C)(C)C)cc2)c2ccccc2c1=O. The Labute approximate surface area is 170 Å². The van der Waals surface area contributed by atoms with Crippen molar-refractivity contribution in [3.05, 3.63) is 70.1 Å². The summed E-state index contributed by atoms with van der Waals surface area (Å²) in [6.45, 7) is 8.95. The molecule has 29 heavy (non-hydrogen) atoms. The van der Waals surface area contributed by atoms with Gasteiger partial charge >= 0.3 is 5.97 Å². The van der Waals surface area contributed by atoms with Crippen molar-refractivity contribution in [1.29, 1.82) is 0 Å². The van der Waals surface area contributed by atoms with Gasteiger partial charge in [0.25, 0.3) is 5.56 Å². The van der Waals surface area contributed by atoms with Crippen molar-refractivity contribution in [2.75, 3.05) is 13.2 Å². The van der Waals surface area contributed by atoms with Gasteiger partial charge in [0, 0.05) is 11.9 Å². The number of hydrogen-bond donors (Lipinski definition) is 0. The Bertz CT molecular complexity index is 1060. The third-order valence-electron chi connectivity index (χ3n) is 4.67. The van der Waals surface area contributed by atoms with E-state index in [0.717, 1.165) is 5.75 Å². The number of ether oxygens (including phenoxy) is 2. The van der Waals surface area contributed by atoms with Crippen LogP contribution in [-0.4, -0.2) is 29.0 Å². The fraction of sp³-hybridized carbons (Fsp3) is 0.348. The van der Waals surface area contributed by atoms with Gasteiger partial charge in [0.15, 0.2) is 5.69 Å². The molecule has 0 amide bonds. The van der Waals surface area contributed by atoms with Crippen LogP contribution in [0, 0.1) is 0 Å². The van der Waals surface area contributed by atoms with E-state index in [-0.39, 0.29) is 29.9 Å². The number of nitrogens with zero attached hydrogens (tertiary/aromatic N) is 2. The number of carbonyl (C=O) groups is 1. The smallest absolute Gasteiger partial charge is 0.359 e. The summed E-state index contributed by atoms with van der Waals surface area (Å²) in [5.41, 5.74) is 1.22. The molecule has 0 saturated carbocycles. The van der Waals surface area contributed by atoms with Gasteiger partial charge in [-0.1, -0.05) is 51.1 Å². The molecule has 0 bridgehead atoms. The minimum Gasteiger partial charge on any atom is -0.490 e. The van der Waals surface area contributed by atoms with Gasteiger partial charge in [-0.2, -0.15) is 5.10 Å². The summed E-state index contributed by atoms with van der Waals surface area (Å²) >= 11 is 0. The average Bonchev–Trinajstić information content (AvgIpc) is 2.71. The molecular weight excluding hydrogens is 368 g/mol. The molecule has 0 aliphatic rings. The highest BCUT2D eigenvalue weighted by atomic mass is 16.6. The lowest BCUT2D eigenvalue weighted by Gasteiger charge is -2.19. The fourth-order valence-corrected chi connectivity index (χ4v) is 3.01. The van der Waals surface area contributed by atoms with E-state index in [2.05, 4.69) is 25.9 Å². The number of rotatable bonds is 6. The third kappa shape index (κ3) is 4.65. The van der Waals surface area contributed by atoms with E-state index >= 15 is 0 Å². The normalized spacial score (nSPS) is 11.4. The number of benzene rings is 2. The molecule has 2 aromatic carbocycles. The molecular formula is C23H26N2O4. The van der Waals surface area contributed by atoms with Crippen molar-refractivity contribution in [3.63, 3.8) is 0 Å². The van der Waals surface area contributed by atoms with Crippen LogP contribution in [0.4, 0.5) is 0 Å². The molecule has 1 heterocycles. The number of esters is 1. The Balaban J connectivity index is 1.64. The molecule has 0 fully saturated rings. The van der Waals surface area contributed by atoms with E-state index in [1.54, 1.807) is 31.2 Å². The molecule has 152 valence electrons. The van der Waals surface area contributed by atoms with Gasteiger partial charge in [0.1, 0.15) is 19.0 Å². The predicted octanol–water partition coefficient (Wildman–Crippen LogP) is 3.95. The van der Waals surface area contributed by atoms with Crippen molar-refractivity contribution < 1.29 is 14.3 Å². The Morgan fingerprint density at radius 2 is 1.66 bits per heavy atom. The third-order valence-corrected chi connectivity index (χ3v) is 4.67. The number of aromatic nitrogens is 2. The van der Waals surface area contributed by atoms with E-state index < -0.39 is 5.97 Å². The first-order chi connectivity index (χ1) is 13.8. The molecule has 0 atom stereocenters. The maximum Gasteiger partial charge on any atom is 0.359 e. The summed E-state index contributed by atoms with van der Waals surface area (Å²) in [6.07, 6.45) is 0. The van der Waals surface area contributed by atoms with Crippen molar-refractivity contribution in [2.24, 2.45) is 0 Å². The number of carbonyl (C=O) groups excluding carboxylic acids is 1. The Kier molecular flexibility index (Phi) is 6.01. The highest BCUT2D eigenvalue weighted by Crippen LogP contribution is 2.24. The van der Waals surface area contributed by atoms with Gasteiger partial charge in [-0.15, -0.1) is 0 Å². The molecule has 3 rings (SSSR count). The van der Waals surface area contributed by atoms with Crippen LogP contribution in [0.25, 0.3) is 10.8 Å². The Morgan fingerprint density at radius 1 is 1.00 bits per heavy atom. The summed E-state index contributed by atoms with van der Waals surface area (Å²) < 4.78 is 12.3. The lowest BCUT2D eigenvalue weighted by atomic mass is 9.87. The van der Waals surface area contributed by atoms with Crippen LogP contribution in [0.15, 0.2) is 53.3 Å². The van der Waals surface area contributed by atoms with Gasteiger partial charge < -0.3 is 9.47 Å². The summed E-state index contributed by atoms with van der Waals surface area (Å²) in [4.78, 5) is 24.9. The molecule has 0 saturated heterocycles. The van der Waals surface area contributed by atoms with E-state index in [1.807, 2.05) is 24.3 Å². The highest BCUT2D eigenvalue weighted by Gasteiger charge is 2.17. The molecule has 0 aliphatic carbocycles. The molecule has 6 nitrogen and oxygen atoms in total. The summed E-state index contributed by atoms with van der Waals surface area (Å²) in [6, 6.07) is 14.8. The van der Waals surface area contributed by atoms with Gasteiger partial charge in [-0.25, -0.2) is 9.48 Å². The second kappa shape index (κ2) is 8.47. The van der Waals surface area contributed by atoms with E-state index in [9.17, 15) is 9.59 Å². The summed E-state index contributed by atoms with van der Waals surface area (Å²) in [5, 5.41) is 5.12. The predicted molar refractivity (Wildman–Crippen MR) is 113 cm³/mol. The molecule has 1 aromatic heterocycles. The molecule has 0 unspecified atom stereocenters. The van der Waals surface area contributed by atoms with Crippen LogP contribution in [0.1, 0.15) is 43.7 Å². The Hall–Kier alpha value is -3.15. The zero-order valence-electron chi connectivity index (χ0n) is 17.3. The van der Waals surface area contributed by atoms with Crippen molar-refractivity contribution in [3.8, 4) is 5.75 Å². The van der Waals surface area contributed by atoms with Gasteiger partial charge in [-0.05, 0) is 36.1 Å². The second-order valence-electron chi connectivity index (χ2n) is 7.77. The summed E-state index contributed by atoms with van der Waals surface area (Å²) in [5.74, 6) is 0.146. The Morgan fingerprint density at radius 3 is 2.28 bits per heavy atom. The van der Waals surface area contributed by atoms with Crippen LogP contribution in [0.3, 0.4) is 0 Å². The van der Waals surface area contributed by atoms with Gasteiger partial charge in [0.2, 0.25) is 0 Å². The van der Waals surface area contributed by atoms with Crippen molar-refractivity contribution in [1.82, 2.24) is 9.78 Å². The molecule has 0 aliphatic heterocycles. The van der Waals surface area contributed by atoms with E-state index in [0.29, 0.717) is 17.3 Å². The first kappa shape index (κ1) is 20.6. The van der Waals surface area contributed by atoms with Crippen LogP contribution in [0.5, 0.6) is 5.75 Å². The maximum atomic E-state index is 12.5. The standard InChI is InChI=1S/C23H26N2O4/c1-5-25-21(26)19-9-7-6-8-18(19)20(24-25)22(27)29-15-14-28-17-12-10-16(11-13-17)23(2,3)4/h6-13H,5,14-15H2,1-4H3. The zero-order valence-corrected chi connectivity index (χ0v) is 17.3.